The van der Waals surface area contributed by atoms with Crippen LogP contribution in [-0.4, -0.2) is 19.4 Å². The van der Waals surface area contributed by atoms with Crippen molar-refractivity contribution in [2.75, 3.05) is 10.0 Å². The lowest BCUT2D eigenvalue weighted by atomic mass is 10.2. The Morgan fingerprint density at radius 3 is 2.47 bits per heavy atom. The third kappa shape index (κ3) is 5.47. The van der Waals surface area contributed by atoms with Crippen LogP contribution in [0.4, 0.5) is 16.2 Å². The second kappa shape index (κ2) is 9.26. The van der Waals surface area contributed by atoms with Gasteiger partial charge in [0.05, 0.1) is 16.7 Å². The van der Waals surface area contributed by atoms with Gasteiger partial charge in [-0.2, -0.15) is 5.26 Å². The second-order valence-corrected chi connectivity index (χ2v) is 8.17. The van der Waals surface area contributed by atoms with E-state index >= 15 is 0 Å². The summed E-state index contributed by atoms with van der Waals surface area (Å²) in [6.45, 7) is 0.322. The minimum atomic E-state index is -3.94. The molecule has 0 aliphatic rings. The highest BCUT2D eigenvalue weighted by Crippen LogP contribution is 2.25. The third-order valence-electron chi connectivity index (χ3n) is 3.92. The predicted octanol–water partition coefficient (Wildman–Crippen LogP) is 3.73. The van der Waals surface area contributed by atoms with Gasteiger partial charge in [-0.05, 0) is 54.1 Å². The maximum atomic E-state index is 12.5. The van der Waals surface area contributed by atoms with Crippen molar-refractivity contribution in [2.45, 2.75) is 11.4 Å². The van der Waals surface area contributed by atoms with Crippen LogP contribution in [0.3, 0.4) is 0 Å². The van der Waals surface area contributed by atoms with Gasteiger partial charge in [0, 0.05) is 30.3 Å². The van der Waals surface area contributed by atoms with Gasteiger partial charge in [0.1, 0.15) is 4.90 Å². The van der Waals surface area contributed by atoms with Crippen molar-refractivity contribution in [3.8, 4) is 6.07 Å². The van der Waals surface area contributed by atoms with Crippen molar-refractivity contribution < 1.29 is 13.2 Å². The molecular formula is C20H16ClN5O3S. The number of amides is 2. The van der Waals surface area contributed by atoms with Crippen LogP contribution < -0.4 is 15.4 Å². The summed E-state index contributed by atoms with van der Waals surface area (Å²) in [7, 11) is -3.94. The zero-order chi connectivity index (χ0) is 21.6. The maximum absolute atomic E-state index is 12.5. The monoisotopic (exact) mass is 441 g/mol. The highest BCUT2D eigenvalue weighted by atomic mass is 35.5. The first kappa shape index (κ1) is 21.1. The molecule has 3 N–H and O–H groups in total. The number of pyridine rings is 1. The summed E-state index contributed by atoms with van der Waals surface area (Å²) >= 11 is 5.99. The minimum Gasteiger partial charge on any atom is -0.334 e. The van der Waals surface area contributed by atoms with Crippen LogP contribution in [0.1, 0.15) is 11.1 Å². The van der Waals surface area contributed by atoms with Crippen LogP contribution in [0.15, 0.2) is 71.9 Å². The van der Waals surface area contributed by atoms with Crippen molar-refractivity contribution in [3.63, 3.8) is 0 Å². The van der Waals surface area contributed by atoms with E-state index in [9.17, 15) is 13.2 Å². The zero-order valence-corrected chi connectivity index (χ0v) is 17.0. The molecule has 1 heterocycles. The number of carbonyl (C=O) groups is 1. The molecule has 0 saturated carbocycles. The quantitative estimate of drug-likeness (QED) is 0.537. The van der Waals surface area contributed by atoms with Crippen molar-refractivity contribution in [3.05, 3.63) is 83.1 Å². The Hall–Kier alpha value is -3.61. The van der Waals surface area contributed by atoms with Crippen molar-refractivity contribution in [1.29, 1.82) is 5.26 Å². The van der Waals surface area contributed by atoms with Gasteiger partial charge >= 0.3 is 6.03 Å². The van der Waals surface area contributed by atoms with Gasteiger partial charge in [0.25, 0.3) is 10.0 Å². The van der Waals surface area contributed by atoms with E-state index in [1.165, 1.54) is 30.3 Å². The highest BCUT2D eigenvalue weighted by Gasteiger charge is 2.18. The van der Waals surface area contributed by atoms with E-state index < -0.39 is 16.1 Å². The number of carbonyl (C=O) groups excluding carboxylic acids is 1. The molecule has 0 atom stereocenters. The molecule has 0 saturated heterocycles. The minimum absolute atomic E-state index is 0.0508. The van der Waals surface area contributed by atoms with Crippen LogP contribution in [0.25, 0.3) is 0 Å². The molecule has 10 heteroatoms. The molecule has 0 radical (unpaired) electrons. The first-order valence-electron chi connectivity index (χ1n) is 8.64. The maximum Gasteiger partial charge on any atom is 0.319 e. The molecule has 0 bridgehead atoms. The molecule has 3 aromatic rings. The fraction of sp³-hybridized carbons (Fsp3) is 0.0500. The molecule has 1 aromatic heterocycles. The summed E-state index contributed by atoms with van der Waals surface area (Å²) in [5.74, 6) is 0. The number of nitrogens with one attached hydrogen (secondary N) is 3. The largest absolute Gasteiger partial charge is 0.334 e. The van der Waals surface area contributed by atoms with E-state index in [1.807, 2.05) is 12.1 Å². The molecule has 0 aliphatic heterocycles. The highest BCUT2D eigenvalue weighted by molar-refractivity contribution is 7.92. The number of halogens is 1. The van der Waals surface area contributed by atoms with Gasteiger partial charge in [0.15, 0.2) is 0 Å². The summed E-state index contributed by atoms with van der Waals surface area (Å²) in [6, 6.07) is 15.2. The summed E-state index contributed by atoms with van der Waals surface area (Å²) in [5, 5.41) is 14.2. The fourth-order valence-electron chi connectivity index (χ4n) is 2.48. The van der Waals surface area contributed by atoms with Crippen LogP contribution in [0.2, 0.25) is 5.02 Å². The molecular weight excluding hydrogens is 426 g/mol. The molecule has 30 heavy (non-hydrogen) atoms. The SMILES string of the molecule is N#Cc1ccc(S(=O)(=O)Nc2ccc(NC(=O)NCc3cccnc3)cc2)c(Cl)c1. The van der Waals surface area contributed by atoms with E-state index in [0.29, 0.717) is 12.2 Å². The summed E-state index contributed by atoms with van der Waals surface area (Å²) in [6.07, 6.45) is 3.30. The predicted molar refractivity (Wildman–Crippen MR) is 114 cm³/mol. The fourth-order valence-corrected chi connectivity index (χ4v) is 4.08. The molecule has 0 spiro atoms. The number of aromatic nitrogens is 1. The number of hydrogen-bond donors (Lipinski definition) is 3. The normalized spacial score (nSPS) is 10.7. The Labute approximate surface area is 178 Å². The lowest BCUT2D eigenvalue weighted by Gasteiger charge is -2.11. The number of nitrogens with zero attached hydrogens (tertiary/aromatic N) is 2. The average molecular weight is 442 g/mol. The lowest BCUT2D eigenvalue weighted by Crippen LogP contribution is -2.28. The Balaban J connectivity index is 1.61. The Morgan fingerprint density at radius 1 is 1.10 bits per heavy atom. The summed E-state index contributed by atoms with van der Waals surface area (Å²) in [5.41, 5.74) is 1.89. The number of hydrogen-bond acceptors (Lipinski definition) is 5. The lowest BCUT2D eigenvalue weighted by molar-refractivity contribution is 0.251. The molecule has 0 fully saturated rings. The molecule has 2 aromatic carbocycles. The van der Waals surface area contributed by atoms with Gasteiger partial charge in [0.2, 0.25) is 0 Å². The molecule has 0 unspecified atom stereocenters. The van der Waals surface area contributed by atoms with E-state index in [-0.39, 0.29) is 21.2 Å². The Morgan fingerprint density at radius 2 is 1.83 bits per heavy atom. The molecule has 2 amide bonds. The molecule has 0 aliphatic carbocycles. The first-order valence-corrected chi connectivity index (χ1v) is 10.5. The van der Waals surface area contributed by atoms with Gasteiger partial charge in [-0.25, -0.2) is 13.2 Å². The number of nitriles is 1. The molecule has 152 valence electrons. The van der Waals surface area contributed by atoms with Crippen molar-refractivity contribution >= 4 is 39.0 Å². The van der Waals surface area contributed by atoms with Gasteiger partial charge < -0.3 is 10.6 Å². The van der Waals surface area contributed by atoms with Crippen molar-refractivity contribution in [2.24, 2.45) is 0 Å². The summed E-state index contributed by atoms with van der Waals surface area (Å²) in [4.78, 5) is 15.8. The topological polar surface area (TPSA) is 124 Å². The van der Waals surface area contributed by atoms with Crippen LogP contribution >= 0.6 is 11.6 Å². The Kier molecular flexibility index (Phi) is 6.51. The number of urea groups is 1. The third-order valence-corrected chi connectivity index (χ3v) is 5.79. The number of rotatable bonds is 6. The first-order chi connectivity index (χ1) is 14.4. The van der Waals surface area contributed by atoms with Gasteiger partial charge in [-0.15, -0.1) is 0 Å². The Bertz CT molecular complexity index is 1190. The van der Waals surface area contributed by atoms with Crippen LogP contribution in [0.5, 0.6) is 0 Å². The number of benzene rings is 2. The number of anilines is 2. The van der Waals surface area contributed by atoms with Gasteiger partial charge in [-0.3, -0.25) is 9.71 Å². The van der Waals surface area contributed by atoms with E-state index in [2.05, 4.69) is 20.3 Å². The van der Waals surface area contributed by atoms with E-state index in [0.717, 1.165) is 5.56 Å². The second-order valence-electron chi connectivity index (χ2n) is 6.11. The molecule has 3 rings (SSSR count). The van der Waals surface area contributed by atoms with Gasteiger partial charge in [-0.1, -0.05) is 17.7 Å². The molecule has 8 nitrogen and oxygen atoms in total. The van der Waals surface area contributed by atoms with E-state index in [4.69, 9.17) is 16.9 Å². The van der Waals surface area contributed by atoms with E-state index in [1.54, 1.807) is 30.6 Å². The van der Waals surface area contributed by atoms with Crippen molar-refractivity contribution in [1.82, 2.24) is 10.3 Å². The number of sulfonamides is 1. The standard InChI is InChI=1S/C20H16ClN5O3S/c21-18-10-14(11-22)3-8-19(18)30(28,29)26-17-6-4-16(5-7-17)25-20(27)24-13-15-2-1-9-23-12-15/h1-10,12,26H,13H2,(H2,24,25,27). The van der Waals surface area contributed by atoms with Crippen LogP contribution in [-0.2, 0) is 16.6 Å². The van der Waals surface area contributed by atoms with Crippen LogP contribution in [0, 0.1) is 11.3 Å². The smallest absolute Gasteiger partial charge is 0.319 e. The summed E-state index contributed by atoms with van der Waals surface area (Å²) < 4.78 is 27.5. The average Bonchev–Trinajstić information content (AvgIpc) is 2.74. The zero-order valence-electron chi connectivity index (χ0n) is 15.5.